The van der Waals surface area contributed by atoms with Crippen molar-refractivity contribution in [1.82, 2.24) is 9.71 Å². The maximum Gasteiger partial charge on any atom is 0.240 e. The first-order chi connectivity index (χ1) is 10.0. The zero-order chi connectivity index (χ0) is 14.9. The van der Waals surface area contributed by atoms with Gasteiger partial charge >= 0.3 is 0 Å². The molecule has 1 aliphatic heterocycles. The molecule has 1 unspecified atom stereocenters. The van der Waals surface area contributed by atoms with Crippen LogP contribution in [0.3, 0.4) is 0 Å². The average Bonchev–Trinajstić information content (AvgIpc) is 2.98. The van der Waals surface area contributed by atoms with Crippen molar-refractivity contribution < 1.29 is 8.42 Å². The van der Waals surface area contributed by atoms with Crippen LogP contribution in [0.1, 0.15) is 6.42 Å². The lowest BCUT2D eigenvalue weighted by Gasteiger charge is -2.11. The SMILES string of the molecule is O=S(=O)(NCC1CCSC1)c1ccc2nc(Cl)ccc2c1. The Morgan fingerprint density at radius 3 is 2.95 bits per heavy atom. The summed E-state index contributed by atoms with van der Waals surface area (Å²) < 4.78 is 27.4. The predicted octanol–water partition coefficient (Wildman–Crippen LogP) is 2.92. The van der Waals surface area contributed by atoms with Gasteiger partial charge in [-0.15, -0.1) is 0 Å². The normalized spacial score (nSPS) is 19.2. The zero-order valence-corrected chi connectivity index (χ0v) is 13.6. The van der Waals surface area contributed by atoms with Crippen LogP contribution in [0, 0.1) is 5.92 Å². The summed E-state index contributed by atoms with van der Waals surface area (Å²) in [4.78, 5) is 4.42. The molecular formula is C14H15ClN2O2S2. The largest absolute Gasteiger partial charge is 0.240 e. The standard InChI is InChI=1S/C14H15ClN2O2S2/c15-14-4-1-11-7-12(2-3-13(11)17-14)21(18,19)16-8-10-5-6-20-9-10/h1-4,7,10,16H,5-6,8-9H2. The minimum Gasteiger partial charge on any atom is -0.236 e. The van der Waals surface area contributed by atoms with E-state index in [1.807, 2.05) is 11.8 Å². The van der Waals surface area contributed by atoms with Crippen LogP contribution in [0.5, 0.6) is 0 Å². The Balaban J connectivity index is 1.82. The Bertz CT molecular complexity index is 759. The monoisotopic (exact) mass is 342 g/mol. The highest BCUT2D eigenvalue weighted by molar-refractivity contribution is 7.99. The summed E-state index contributed by atoms with van der Waals surface area (Å²) in [5.41, 5.74) is 0.689. The maximum atomic E-state index is 12.3. The molecule has 0 radical (unpaired) electrons. The summed E-state index contributed by atoms with van der Waals surface area (Å²) in [5, 5.41) is 1.16. The molecule has 1 aliphatic rings. The van der Waals surface area contributed by atoms with Crippen molar-refractivity contribution in [1.29, 1.82) is 0 Å². The highest BCUT2D eigenvalue weighted by atomic mass is 35.5. The van der Waals surface area contributed by atoms with E-state index in [9.17, 15) is 8.42 Å². The lowest BCUT2D eigenvalue weighted by atomic mass is 10.1. The molecule has 0 aliphatic carbocycles. The Morgan fingerprint density at radius 2 is 2.19 bits per heavy atom. The third kappa shape index (κ3) is 3.51. The number of benzene rings is 1. The van der Waals surface area contributed by atoms with Crippen LogP contribution in [0.15, 0.2) is 35.2 Å². The lowest BCUT2D eigenvalue weighted by Crippen LogP contribution is -2.29. The minimum atomic E-state index is -3.47. The molecule has 7 heteroatoms. The molecule has 0 spiro atoms. The van der Waals surface area contributed by atoms with E-state index in [0.29, 0.717) is 23.1 Å². The van der Waals surface area contributed by atoms with Crippen molar-refractivity contribution in [2.24, 2.45) is 5.92 Å². The summed E-state index contributed by atoms with van der Waals surface area (Å²) in [6.45, 7) is 0.506. The van der Waals surface area contributed by atoms with Crippen molar-refractivity contribution in [3.05, 3.63) is 35.5 Å². The van der Waals surface area contributed by atoms with Gasteiger partial charge < -0.3 is 0 Å². The van der Waals surface area contributed by atoms with E-state index in [0.717, 1.165) is 23.3 Å². The summed E-state index contributed by atoms with van der Waals surface area (Å²) in [5.74, 6) is 2.59. The van der Waals surface area contributed by atoms with Gasteiger partial charge in [0.05, 0.1) is 10.4 Å². The molecule has 0 bridgehead atoms. The number of aromatic nitrogens is 1. The molecule has 2 aromatic rings. The fraction of sp³-hybridized carbons (Fsp3) is 0.357. The number of hydrogen-bond donors (Lipinski definition) is 1. The van der Waals surface area contributed by atoms with Crippen LogP contribution >= 0.6 is 23.4 Å². The molecule has 3 rings (SSSR count). The molecule has 2 heterocycles. The van der Waals surface area contributed by atoms with E-state index < -0.39 is 10.0 Å². The van der Waals surface area contributed by atoms with Crippen LogP contribution in [0.2, 0.25) is 5.15 Å². The van der Waals surface area contributed by atoms with Gasteiger partial charge in [-0.3, -0.25) is 0 Å². The number of nitrogens with zero attached hydrogens (tertiary/aromatic N) is 1. The molecule has 0 saturated carbocycles. The Kier molecular flexibility index (Phi) is 4.40. The fourth-order valence-electron chi connectivity index (χ4n) is 2.30. The molecule has 1 aromatic heterocycles. The second kappa shape index (κ2) is 6.12. The van der Waals surface area contributed by atoms with Crippen LogP contribution in [0.25, 0.3) is 10.9 Å². The summed E-state index contributed by atoms with van der Waals surface area (Å²) in [6, 6.07) is 8.31. The second-order valence-corrected chi connectivity index (χ2v) is 8.37. The van der Waals surface area contributed by atoms with Crippen LogP contribution in [-0.4, -0.2) is 31.5 Å². The third-order valence-corrected chi connectivity index (χ3v) is 6.39. The van der Waals surface area contributed by atoms with Crippen molar-refractivity contribution in [3.8, 4) is 0 Å². The number of sulfonamides is 1. The van der Waals surface area contributed by atoms with E-state index in [2.05, 4.69) is 9.71 Å². The van der Waals surface area contributed by atoms with Gasteiger partial charge in [0.1, 0.15) is 5.15 Å². The van der Waals surface area contributed by atoms with Gasteiger partial charge in [0, 0.05) is 11.9 Å². The molecule has 4 nitrogen and oxygen atoms in total. The van der Waals surface area contributed by atoms with E-state index in [1.54, 1.807) is 30.3 Å². The van der Waals surface area contributed by atoms with Gasteiger partial charge in [0.25, 0.3) is 0 Å². The van der Waals surface area contributed by atoms with Gasteiger partial charge in [0.15, 0.2) is 0 Å². The lowest BCUT2D eigenvalue weighted by molar-refractivity contribution is 0.546. The number of hydrogen-bond acceptors (Lipinski definition) is 4. The van der Waals surface area contributed by atoms with E-state index >= 15 is 0 Å². The summed E-state index contributed by atoms with van der Waals surface area (Å²) in [7, 11) is -3.47. The van der Waals surface area contributed by atoms with Gasteiger partial charge in [-0.2, -0.15) is 11.8 Å². The Labute approximate surface area is 133 Å². The first kappa shape index (κ1) is 15.1. The molecule has 1 aromatic carbocycles. The maximum absolute atomic E-state index is 12.3. The van der Waals surface area contributed by atoms with Gasteiger partial charge in [0.2, 0.25) is 10.0 Å². The molecule has 112 valence electrons. The number of rotatable bonds is 4. The second-order valence-electron chi connectivity index (χ2n) is 5.07. The number of thioether (sulfide) groups is 1. The number of fused-ring (bicyclic) bond motifs is 1. The molecule has 1 atom stereocenters. The Morgan fingerprint density at radius 1 is 1.33 bits per heavy atom. The minimum absolute atomic E-state index is 0.268. The van der Waals surface area contributed by atoms with Crippen LogP contribution in [-0.2, 0) is 10.0 Å². The summed E-state index contributed by atoms with van der Waals surface area (Å²) >= 11 is 7.70. The fourth-order valence-corrected chi connectivity index (χ4v) is 4.89. The number of nitrogens with one attached hydrogen (secondary N) is 1. The highest BCUT2D eigenvalue weighted by Crippen LogP contribution is 2.24. The molecule has 1 fully saturated rings. The van der Waals surface area contributed by atoms with E-state index in [1.165, 1.54) is 0 Å². The molecular weight excluding hydrogens is 328 g/mol. The van der Waals surface area contributed by atoms with E-state index in [-0.39, 0.29) is 4.90 Å². The molecule has 1 saturated heterocycles. The van der Waals surface area contributed by atoms with Gasteiger partial charge in [-0.05, 0) is 54.2 Å². The van der Waals surface area contributed by atoms with Gasteiger partial charge in [-0.25, -0.2) is 18.1 Å². The van der Waals surface area contributed by atoms with Crippen molar-refractivity contribution in [2.45, 2.75) is 11.3 Å². The molecule has 21 heavy (non-hydrogen) atoms. The highest BCUT2D eigenvalue weighted by Gasteiger charge is 2.20. The van der Waals surface area contributed by atoms with Crippen LogP contribution < -0.4 is 4.72 Å². The first-order valence-corrected chi connectivity index (χ1v) is 9.70. The average molecular weight is 343 g/mol. The van der Waals surface area contributed by atoms with Crippen molar-refractivity contribution >= 4 is 44.3 Å². The summed E-state index contributed by atoms with van der Waals surface area (Å²) in [6.07, 6.45) is 1.08. The van der Waals surface area contributed by atoms with Crippen molar-refractivity contribution in [3.63, 3.8) is 0 Å². The topological polar surface area (TPSA) is 59.1 Å². The van der Waals surface area contributed by atoms with Gasteiger partial charge in [-0.1, -0.05) is 11.6 Å². The third-order valence-electron chi connectivity index (χ3n) is 3.52. The van der Waals surface area contributed by atoms with Crippen molar-refractivity contribution in [2.75, 3.05) is 18.1 Å². The zero-order valence-electron chi connectivity index (χ0n) is 11.3. The quantitative estimate of drug-likeness (QED) is 0.868. The smallest absolute Gasteiger partial charge is 0.236 e. The number of pyridine rings is 1. The Hall–Kier alpha value is -0.820. The number of halogens is 1. The van der Waals surface area contributed by atoms with E-state index in [4.69, 9.17) is 11.6 Å². The first-order valence-electron chi connectivity index (χ1n) is 6.68. The predicted molar refractivity (Wildman–Crippen MR) is 87.4 cm³/mol. The molecule has 0 amide bonds. The molecule has 1 N–H and O–H groups in total. The van der Waals surface area contributed by atoms with Crippen LogP contribution in [0.4, 0.5) is 0 Å².